The zero-order valence-corrected chi connectivity index (χ0v) is 47.6. The van der Waals surface area contributed by atoms with E-state index in [1.165, 1.54) is 24.0 Å². The van der Waals surface area contributed by atoms with E-state index in [1.54, 1.807) is 41.7 Å². The zero-order chi connectivity index (χ0) is 54.0. The van der Waals surface area contributed by atoms with E-state index < -0.39 is 19.1 Å². The third-order valence-corrected chi connectivity index (χ3v) is 17.1. The van der Waals surface area contributed by atoms with Gasteiger partial charge in [-0.2, -0.15) is 0 Å². The molecular weight excluding hydrogens is 1050 g/mol. The molecule has 18 nitrogen and oxygen atoms in total. The number of amides is 6. The van der Waals surface area contributed by atoms with Gasteiger partial charge < -0.3 is 50.0 Å². The van der Waals surface area contributed by atoms with E-state index in [-0.39, 0.29) is 53.1 Å². The van der Waals surface area contributed by atoms with Crippen LogP contribution in [0.15, 0.2) is 72.4 Å². The summed E-state index contributed by atoms with van der Waals surface area (Å²) in [6.07, 6.45) is 26.9. The van der Waals surface area contributed by atoms with Crippen molar-refractivity contribution < 1.29 is 24.2 Å². The molecule has 2 saturated carbocycles. The Hall–Kier alpha value is -5.02. The zero-order valence-electron chi connectivity index (χ0n) is 45.2. The van der Waals surface area contributed by atoms with Crippen LogP contribution in [-0.4, -0.2) is 156 Å². The van der Waals surface area contributed by atoms with Gasteiger partial charge in [0.15, 0.2) is 0 Å². The van der Waals surface area contributed by atoms with Crippen molar-refractivity contribution in [3.05, 3.63) is 99.8 Å². The van der Waals surface area contributed by atoms with Gasteiger partial charge in [-0.05, 0) is 137 Å². The van der Waals surface area contributed by atoms with E-state index in [0.717, 1.165) is 92.8 Å². The normalized spacial score (nSPS) is 21.0. The molecule has 5 N–H and O–H groups in total. The highest BCUT2D eigenvalue weighted by molar-refractivity contribution is 9.10. The van der Waals surface area contributed by atoms with E-state index in [0.29, 0.717) is 57.4 Å². The van der Waals surface area contributed by atoms with E-state index in [9.17, 15) is 24.2 Å². The van der Waals surface area contributed by atoms with E-state index >= 15 is 0 Å². The number of nitrogens with one attached hydrogen (secondary N) is 4. The number of hydrogen-bond acceptors (Lipinski definition) is 10. The average Bonchev–Trinajstić information content (AvgIpc) is 4.17. The molecule has 4 aromatic rings. The summed E-state index contributed by atoms with van der Waals surface area (Å²) in [5, 5.41) is 23.3. The minimum absolute atomic E-state index is 0.131. The van der Waals surface area contributed by atoms with Crippen LogP contribution in [0.2, 0.25) is 11.8 Å². The maximum atomic E-state index is 14.0. The number of piperazine rings is 2. The van der Waals surface area contributed by atoms with Crippen molar-refractivity contribution in [3.63, 3.8) is 0 Å². The number of benzene rings is 1. The summed E-state index contributed by atoms with van der Waals surface area (Å²) in [6, 6.07) is 6.89. The van der Waals surface area contributed by atoms with Gasteiger partial charge >= 0.3 is 19.1 Å². The number of aryl methyl sites for hydroxylation is 2. The number of urea groups is 2. The van der Waals surface area contributed by atoms with Gasteiger partial charge in [0.1, 0.15) is 12.1 Å². The summed E-state index contributed by atoms with van der Waals surface area (Å²) >= 11 is 10.1. The molecule has 0 spiro atoms. The largest absolute Gasteiger partial charge is 0.437 e. The van der Waals surface area contributed by atoms with Crippen LogP contribution in [0.25, 0.3) is 0 Å². The molecule has 412 valence electrons. The molecular formula is C55H80BBrClN13O5. The predicted octanol–water partition coefficient (Wildman–Crippen LogP) is 7.12. The van der Waals surface area contributed by atoms with Gasteiger partial charge in [0.05, 0.1) is 24.4 Å². The molecule has 21 heteroatoms. The molecule has 3 aromatic heterocycles. The van der Waals surface area contributed by atoms with Gasteiger partial charge in [0.2, 0.25) is 11.8 Å². The SMILES string of the molecule is CB(O)N1CCN(C(=O)NC2CCCCC2)[C@@H](C(=O)NCCC(C)(C)n2ccnc2)C1.CC(C)(CCNC(=O)[C@H]1CN(C2c3ccc(Cl)cc3CCc3cc(Br)cnc32)CCN1C(=O)NC1CCCCC1)n1ccnc1. The van der Waals surface area contributed by atoms with Crippen LogP contribution in [0.4, 0.5) is 9.59 Å². The number of halogens is 2. The number of pyridine rings is 1. The first-order valence-corrected chi connectivity index (χ1v) is 28.9. The maximum Gasteiger partial charge on any atom is 0.376 e. The van der Waals surface area contributed by atoms with Gasteiger partial charge in [0.25, 0.3) is 0 Å². The Morgan fingerprint density at radius 1 is 0.724 bits per heavy atom. The first-order valence-electron chi connectivity index (χ1n) is 27.7. The van der Waals surface area contributed by atoms with E-state index in [2.05, 4.69) is 103 Å². The molecule has 0 bridgehead atoms. The minimum Gasteiger partial charge on any atom is -0.437 e. The van der Waals surface area contributed by atoms with Crippen LogP contribution in [0.1, 0.15) is 133 Å². The topological polar surface area (TPSA) is 198 Å². The highest BCUT2D eigenvalue weighted by atomic mass is 79.9. The van der Waals surface area contributed by atoms with Crippen LogP contribution < -0.4 is 21.3 Å². The third-order valence-electron chi connectivity index (χ3n) is 16.5. The summed E-state index contributed by atoms with van der Waals surface area (Å²) in [7, 11) is -0.654. The van der Waals surface area contributed by atoms with Gasteiger partial charge in [-0.25, -0.2) is 19.6 Å². The molecule has 0 radical (unpaired) electrons. The molecule has 5 heterocycles. The molecule has 3 aliphatic carbocycles. The Morgan fingerprint density at radius 2 is 1.25 bits per heavy atom. The molecule has 76 heavy (non-hydrogen) atoms. The van der Waals surface area contributed by atoms with Crippen LogP contribution in [-0.2, 0) is 33.5 Å². The smallest absolute Gasteiger partial charge is 0.376 e. The van der Waals surface area contributed by atoms with Crippen molar-refractivity contribution in [1.29, 1.82) is 0 Å². The number of carbonyl (C=O) groups is 4. The molecule has 1 unspecified atom stereocenters. The quantitative estimate of drug-likeness (QED) is 0.0812. The Labute approximate surface area is 463 Å². The number of nitrogens with zero attached hydrogens (tertiary/aromatic N) is 9. The first-order chi connectivity index (χ1) is 36.5. The maximum absolute atomic E-state index is 14.0. The summed E-state index contributed by atoms with van der Waals surface area (Å²) in [5.41, 5.74) is 4.15. The summed E-state index contributed by atoms with van der Waals surface area (Å²) in [4.78, 5) is 74.7. The number of aromatic nitrogens is 5. The minimum atomic E-state index is -0.654. The lowest BCUT2D eigenvalue weighted by Gasteiger charge is -2.44. The number of carbonyl (C=O) groups excluding carboxylic acids is 4. The Balaban J connectivity index is 0.000000216. The van der Waals surface area contributed by atoms with Crippen molar-refractivity contribution in [1.82, 2.24) is 64.9 Å². The molecule has 4 fully saturated rings. The second kappa shape index (κ2) is 26.1. The summed E-state index contributed by atoms with van der Waals surface area (Å²) in [5.74, 6) is -0.306. The summed E-state index contributed by atoms with van der Waals surface area (Å²) in [6.45, 7) is 13.9. The summed E-state index contributed by atoms with van der Waals surface area (Å²) < 4.78 is 5.03. The van der Waals surface area contributed by atoms with Gasteiger partial charge in [-0.3, -0.25) is 19.5 Å². The van der Waals surface area contributed by atoms with Crippen LogP contribution in [0.5, 0.6) is 0 Å². The highest BCUT2D eigenvalue weighted by Crippen LogP contribution is 2.39. The number of imidazole rings is 2. The molecule has 2 saturated heterocycles. The van der Waals surface area contributed by atoms with Crippen LogP contribution in [0, 0.1) is 0 Å². The fraction of sp³-hybridized carbons (Fsp3) is 0.618. The monoisotopic (exact) mass is 1130 g/mol. The lowest BCUT2D eigenvalue weighted by atomic mass is 9.83. The fourth-order valence-corrected chi connectivity index (χ4v) is 12.2. The molecule has 6 amide bonds. The number of rotatable bonds is 14. The Kier molecular flexibility index (Phi) is 19.6. The molecule has 3 atom stereocenters. The van der Waals surface area contributed by atoms with Crippen molar-refractivity contribution in [2.45, 2.75) is 166 Å². The second-order valence-electron chi connectivity index (χ2n) is 22.7. The third kappa shape index (κ3) is 14.6. The van der Waals surface area contributed by atoms with E-state index in [4.69, 9.17) is 16.6 Å². The second-order valence-corrected chi connectivity index (χ2v) is 24.1. The first kappa shape index (κ1) is 57.2. The fourth-order valence-electron chi connectivity index (χ4n) is 11.6. The van der Waals surface area contributed by atoms with Crippen molar-refractivity contribution >= 4 is 58.5 Å². The van der Waals surface area contributed by atoms with Crippen LogP contribution >= 0.6 is 27.5 Å². The molecule has 2 aliphatic heterocycles. The number of hydrogen-bond donors (Lipinski definition) is 5. The predicted molar refractivity (Wildman–Crippen MR) is 300 cm³/mol. The van der Waals surface area contributed by atoms with Crippen molar-refractivity contribution in [3.8, 4) is 0 Å². The average molecular weight is 1130 g/mol. The standard InChI is InChI=1S/C34H43BrClN7O2.C21H37BN6O3/c1-34(2,42-15-14-37-22-42)12-13-38-32(44)29-21-41(16-17-43(29)33(45)40-27-6-4-3-5-7-27)31-28-11-10-26(36)19-23(28)8-9-24-18-25(35)20-39-30(24)31;1-21(2,26-12-11-23-16-26)9-10-24-19(29)18-15-27(22(3)31)13-14-28(18)20(30)25-17-7-5-4-6-8-17/h10-11,14-15,18-20,22,27,29,31H,3-9,12-13,16-17,21H2,1-2H3,(H,38,44)(H,40,45);11-12,16-18,31H,4-10,13-15H2,1-3H3,(H,24,29)(H,25,30)/t29-,31?;18-/m11/s1. The van der Waals surface area contributed by atoms with E-state index in [1.807, 2.05) is 34.0 Å². The molecule has 1 aromatic carbocycles. The van der Waals surface area contributed by atoms with Gasteiger partial charge in [-0.15, -0.1) is 0 Å². The molecule has 9 rings (SSSR count). The van der Waals surface area contributed by atoms with Gasteiger partial charge in [0, 0.05) is 116 Å². The Morgan fingerprint density at radius 3 is 1.78 bits per heavy atom. The van der Waals surface area contributed by atoms with Crippen molar-refractivity contribution in [2.75, 3.05) is 52.4 Å². The van der Waals surface area contributed by atoms with Crippen molar-refractivity contribution in [2.24, 2.45) is 0 Å². The number of fused-ring (bicyclic) bond motifs is 2. The lowest BCUT2D eigenvalue weighted by Crippen LogP contribution is -2.65. The molecule has 5 aliphatic rings. The van der Waals surface area contributed by atoms with Gasteiger partial charge in [-0.1, -0.05) is 56.2 Å². The van der Waals surface area contributed by atoms with Crippen LogP contribution in [0.3, 0.4) is 0 Å². The highest BCUT2D eigenvalue weighted by Gasteiger charge is 2.42. The Bertz CT molecular complexity index is 2500. The lowest BCUT2D eigenvalue weighted by molar-refractivity contribution is -0.128.